The first-order chi connectivity index (χ1) is 14.1. The molecule has 0 saturated carbocycles. The van der Waals surface area contributed by atoms with Crippen LogP contribution in [-0.2, 0) is 19.9 Å². The molecule has 1 amide bonds. The van der Waals surface area contributed by atoms with Crippen molar-refractivity contribution < 1.29 is 4.79 Å². The largest absolute Gasteiger partial charge is 0.331 e. The van der Waals surface area contributed by atoms with Crippen LogP contribution in [-0.4, -0.2) is 15.5 Å². The Kier molecular flexibility index (Phi) is 5.08. The highest BCUT2D eigenvalue weighted by molar-refractivity contribution is 6.05. The van der Waals surface area contributed by atoms with Crippen LogP contribution in [0.3, 0.4) is 0 Å². The number of hydrogen-bond acceptors (Lipinski definition) is 3. The minimum absolute atomic E-state index is 0.214. The number of imidazole rings is 1. The highest BCUT2D eigenvalue weighted by atomic mass is 16.1. The van der Waals surface area contributed by atoms with Crippen LogP contribution in [0.15, 0.2) is 72.8 Å². The molecule has 0 radical (unpaired) electrons. The molecule has 4 rings (SSSR count). The molecule has 142 valence electrons. The van der Waals surface area contributed by atoms with Gasteiger partial charge in [-0.2, -0.15) is 5.26 Å². The van der Waals surface area contributed by atoms with Crippen LogP contribution in [0.4, 0.5) is 5.69 Å². The average molecular weight is 380 g/mol. The van der Waals surface area contributed by atoms with Gasteiger partial charge in [0.05, 0.1) is 22.7 Å². The van der Waals surface area contributed by atoms with Gasteiger partial charge < -0.3 is 9.88 Å². The standard InChI is InChI=1S/C24H20N4O/c1-28-22-13-12-20(26-24(29)19-10-7-18(16-25)8-11-19)15-21(22)27-23(28)14-9-17-5-3-2-4-6-17/h2-8,10-13,15H,9,14H2,1H3,(H,26,29). The van der Waals surface area contributed by atoms with Crippen molar-refractivity contribution in [3.63, 3.8) is 0 Å². The molecule has 29 heavy (non-hydrogen) atoms. The molecule has 0 fully saturated rings. The number of hydrogen-bond donors (Lipinski definition) is 1. The summed E-state index contributed by atoms with van der Waals surface area (Å²) in [6, 6.07) is 24.7. The number of aromatic nitrogens is 2. The molecule has 0 saturated heterocycles. The summed E-state index contributed by atoms with van der Waals surface area (Å²) in [7, 11) is 2.02. The molecule has 0 spiro atoms. The third-order valence-corrected chi connectivity index (χ3v) is 4.99. The van der Waals surface area contributed by atoms with E-state index in [2.05, 4.69) is 22.0 Å². The number of carbonyl (C=O) groups excluding carboxylic acids is 1. The monoisotopic (exact) mass is 380 g/mol. The van der Waals surface area contributed by atoms with Gasteiger partial charge in [0.1, 0.15) is 5.82 Å². The number of nitrogens with one attached hydrogen (secondary N) is 1. The second-order valence-corrected chi connectivity index (χ2v) is 6.92. The number of rotatable bonds is 5. The lowest BCUT2D eigenvalue weighted by molar-refractivity contribution is 0.102. The van der Waals surface area contributed by atoms with Crippen molar-refractivity contribution in [2.75, 3.05) is 5.32 Å². The smallest absolute Gasteiger partial charge is 0.255 e. The molecule has 0 bridgehead atoms. The topological polar surface area (TPSA) is 70.7 Å². The summed E-state index contributed by atoms with van der Waals surface area (Å²) < 4.78 is 2.10. The van der Waals surface area contributed by atoms with Crippen molar-refractivity contribution in [1.29, 1.82) is 5.26 Å². The number of anilines is 1. The molecule has 4 aromatic rings. The van der Waals surface area contributed by atoms with Gasteiger partial charge in [-0.15, -0.1) is 0 Å². The maximum Gasteiger partial charge on any atom is 0.255 e. The number of aryl methyl sites for hydroxylation is 3. The Bertz CT molecular complexity index is 1200. The molecule has 1 heterocycles. The molecule has 0 atom stereocenters. The van der Waals surface area contributed by atoms with Crippen LogP contribution in [0, 0.1) is 11.3 Å². The SMILES string of the molecule is Cn1c(CCc2ccccc2)nc2cc(NC(=O)c3ccc(C#N)cc3)ccc21. The van der Waals surface area contributed by atoms with Crippen LogP contribution in [0.25, 0.3) is 11.0 Å². The lowest BCUT2D eigenvalue weighted by atomic mass is 10.1. The Hall–Kier alpha value is -3.91. The van der Waals surface area contributed by atoms with Crippen LogP contribution in [0.1, 0.15) is 27.3 Å². The lowest BCUT2D eigenvalue weighted by Crippen LogP contribution is -2.11. The summed E-state index contributed by atoms with van der Waals surface area (Å²) in [5.74, 6) is 0.800. The van der Waals surface area contributed by atoms with Crippen molar-refractivity contribution in [3.05, 3.63) is 95.3 Å². The zero-order valence-corrected chi connectivity index (χ0v) is 16.1. The molecule has 3 aromatic carbocycles. The first-order valence-corrected chi connectivity index (χ1v) is 9.45. The number of nitrogens with zero attached hydrogens (tertiary/aromatic N) is 3. The van der Waals surface area contributed by atoms with E-state index in [1.54, 1.807) is 24.3 Å². The van der Waals surface area contributed by atoms with E-state index in [0.29, 0.717) is 16.8 Å². The van der Waals surface area contributed by atoms with Gasteiger partial charge in [-0.1, -0.05) is 30.3 Å². The van der Waals surface area contributed by atoms with E-state index in [1.165, 1.54) is 5.56 Å². The van der Waals surface area contributed by atoms with Crippen molar-refractivity contribution in [3.8, 4) is 6.07 Å². The zero-order chi connectivity index (χ0) is 20.2. The quantitative estimate of drug-likeness (QED) is 0.555. The summed E-state index contributed by atoms with van der Waals surface area (Å²) >= 11 is 0. The molecule has 0 aliphatic rings. The fourth-order valence-electron chi connectivity index (χ4n) is 3.35. The molecular weight excluding hydrogens is 360 g/mol. The van der Waals surface area contributed by atoms with Gasteiger partial charge in [-0.3, -0.25) is 4.79 Å². The maximum absolute atomic E-state index is 12.5. The Morgan fingerprint density at radius 2 is 1.79 bits per heavy atom. The van der Waals surface area contributed by atoms with Crippen molar-refractivity contribution in [2.45, 2.75) is 12.8 Å². The Balaban J connectivity index is 1.51. The Morgan fingerprint density at radius 1 is 1.03 bits per heavy atom. The third-order valence-electron chi connectivity index (χ3n) is 4.99. The van der Waals surface area contributed by atoms with Crippen LogP contribution >= 0.6 is 0 Å². The molecular formula is C24H20N4O. The number of nitriles is 1. The summed E-state index contributed by atoms with van der Waals surface area (Å²) in [5.41, 5.74) is 4.90. The first-order valence-electron chi connectivity index (χ1n) is 9.45. The van der Waals surface area contributed by atoms with Crippen LogP contribution in [0.2, 0.25) is 0 Å². The van der Waals surface area contributed by atoms with Crippen molar-refractivity contribution in [1.82, 2.24) is 9.55 Å². The Morgan fingerprint density at radius 3 is 2.52 bits per heavy atom. The minimum atomic E-state index is -0.214. The van der Waals surface area contributed by atoms with Gasteiger partial charge in [0.25, 0.3) is 5.91 Å². The number of carbonyl (C=O) groups is 1. The van der Waals surface area contributed by atoms with E-state index in [1.807, 2.05) is 49.5 Å². The highest BCUT2D eigenvalue weighted by Gasteiger charge is 2.11. The van der Waals surface area contributed by atoms with E-state index < -0.39 is 0 Å². The highest BCUT2D eigenvalue weighted by Crippen LogP contribution is 2.21. The zero-order valence-electron chi connectivity index (χ0n) is 16.1. The minimum Gasteiger partial charge on any atom is -0.331 e. The second-order valence-electron chi connectivity index (χ2n) is 6.92. The molecule has 0 aliphatic carbocycles. The van der Waals surface area contributed by atoms with E-state index in [9.17, 15) is 4.79 Å². The lowest BCUT2D eigenvalue weighted by Gasteiger charge is -2.06. The van der Waals surface area contributed by atoms with E-state index >= 15 is 0 Å². The van der Waals surface area contributed by atoms with E-state index in [0.717, 1.165) is 29.7 Å². The van der Waals surface area contributed by atoms with Gasteiger partial charge >= 0.3 is 0 Å². The maximum atomic E-state index is 12.5. The van der Waals surface area contributed by atoms with Gasteiger partial charge in [0.15, 0.2) is 0 Å². The molecule has 0 aliphatic heterocycles. The van der Waals surface area contributed by atoms with E-state index in [-0.39, 0.29) is 5.91 Å². The van der Waals surface area contributed by atoms with Gasteiger partial charge in [0, 0.05) is 24.7 Å². The fourth-order valence-corrected chi connectivity index (χ4v) is 3.35. The summed E-state index contributed by atoms with van der Waals surface area (Å²) in [6.45, 7) is 0. The predicted molar refractivity (Wildman–Crippen MR) is 114 cm³/mol. The average Bonchev–Trinajstić information content (AvgIpc) is 3.08. The van der Waals surface area contributed by atoms with Crippen LogP contribution in [0.5, 0.6) is 0 Å². The third kappa shape index (κ3) is 4.02. The summed E-state index contributed by atoms with van der Waals surface area (Å²) in [6.07, 6.45) is 1.78. The first kappa shape index (κ1) is 18.5. The number of amides is 1. The van der Waals surface area contributed by atoms with Gasteiger partial charge in [-0.25, -0.2) is 4.98 Å². The number of benzene rings is 3. The fraction of sp³-hybridized carbons (Fsp3) is 0.125. The van der Waals surface area contributed by atoms with Crippen molar-refractivity contribution >= 4 is 22.6 Å². The second kappa shape index (κ2) is 7.99. The molecule has 1 aromatic heterocycles. The van der Waals surface area contributed by atoms with Crippen molar-refractivity contribution in [2.24, 2.45) is 7.05 Å². The Labute approximate surface area is 169 Å². The van der Waals surface area contributed by atoms with Gasteiger partial charge in [0.2, 0.25) is 0 Å². The molecule has 1 N–H and O–H groups in total. The molecule has 5 heteroatoms. The predicted octanol–water partition coefficient (Wildman–Crippen LogP) is 4.48. The van der Waals surface area contributed by atoms with Crippen LogP contribution < -0.4 is 5.32 Å². The van der Waals surface area contributed by atoms with Gasteiger partial charge in [-0.05, 0) is 54.4 Å². The van der Waals surface area contributed by atoms with E-state index in [4.69, 9.17) is 10.2 Å². The summed E-state index contributed by atoms with van der Waals surface area (Å²) in [5, 5.41) is 11.8. The molecule has 5 nitrogen and oxygen atoms in total. The molecule has 0 unspecified atom stereocenters. The number of fused-ring (bicyclic) bond motifs is 1. The normalized spacial score (nSPS) is 10.6. The summed E-state index contributed by atoms with van der Waals surface area (Å²) in [4.78, 5) is 17.2.